The lowest BCUT2D eigenvalue weighted by Gasteiger charge is -2.20. The molecule has 1 aromatic heterocycles. The molecule has 0 spiro atoms. The van der Waals surface area contributed by atoms with Crippen LogP contribution < -0.4 is 0 Å². The van der Waals surface area contributed by atoms with Crippen molar-refractivity contribution in [3.05, 3.63) is 24.2 Å². The van der Waals surface area contributed by atoms with Crippen LogP contribution in [-0.2, 0) is 0 Å². The minimum atomic E-state index is 0.121. The van der Waals surface area contributed by atoms with E-state index in [-0.39, 0.29) is 5.78 Å². The molecule has 3 heteroatoms. The predicted octanol–water partition coefficient (Wildman–Crippen LogP) is 3.53. The zero-order valence-corrected chi connectivity index (χ0v) is 9.59. The van der Waals surface area contributed by atoms with E-state index in [1.54, 1.807) is 30.2 Å². The molecule has 2 nitrogen and oxygen atoms in total. The first-order valence-corrected chi connectivity index (χ1v) is 6.59. The molecule has 82 valence electrons. The second-order valence-corrected chi connectivity index (χ2v) is 5.26. The van der Waals surface area contributed by atoms with Crippen molar-refractivity contribution in [3.8, 4) is 0 Å². The largest absolute Gasteiger partial charge is 0.461 e. The highest BCUT2D eigenvalue weighted by Gasteiger charge is 2.16. The average molecular weight is 224 g/mol. The molecule has 1 aliphatic rings. The lowest BCUT2D eigenvalue weighted by atomic mass is 10.0. The summed E-state index contributed by atoms with van der Waals surface area (Å²) >= 11 is 1.79. The Morgan fingerprint density at radius 3 is 2.87 bits per heavy atom. The molecule has 0 atom stereocenters. The molecule has 1 aromatic rings. The van der Waals surface area contributed by atoms with E-state index in [4.69, 9.17) is 4.42 Å². The Kier molecular flexibility index (Phi) is 3.89. The van der Waals surface area contributed by atoms with Crippen molar-refractivity contribution in [2.45, 2.75) is 37.4 Å². The molecule has 0 N–H and O–H groups in total. The van der Waals surface area contributed by atoms with Gasteiger partial charge in [-0.05, 0) is 25.0 Å². The van der Waals surface area contributed by atoms with E-state index >= 15 is 0 Å². The van der Waals surface area contributed by atoms with Crippen molar-refractivity contribution < 1.29 is 9.21 Å². The van der Waals surface area contributed by atoms with Crippen molar-refractivity contribution in [2.24, 2.45) is 0 Å². The van der Waals surface area contributed by atoms with Gasteiger partial charge >= 0.3 is 0 Å². The molecule has 1 aliphatic carbocycles. The summed E-state index contributed by atoms with van der Waals surface area (Å²) in [5, 5.41) is 0.692. The third-order valence-electron chi connectivity index (χ3n) is 2.80. The predicted molar refractivity (Wildman–Crippen MR) is 62.4 cm³/mol. The van der Waals surface area contributed by atoms with Gasteiger partial charge in [0.1, 0.15) is 0 Å². The smallest absolute Gasteiger partial charge is 0.207 e. The molecular weight excluding hydrogens is 208 g/mol. The van der Waals surface area contributed by atoms with Gasteiger partial charge < -0.3 is 4.42 Å². The summed E-state index contributed by atoms with van der Waals surface area (Å²) in [6, 6.07) is 3.50. The van der Waals surface area contributed by atoms with Crippen LogP contribution in [0, 0.1) is 0 Å². The van der Waals surface area contributed by atoms with E-state index in [1.165, 1.54) is 32.1 Å². The van der Waals surface area contributed by atoms with Crippen LogP contribution in [0.15, 0.2) is 22.8 Å². The minimum Gasteiger partial charge on any atom is -0.461 e. The van der Waals surface area contributed by atoms with Gasteiger partial charge in [-0.25, -0.2) is 0 Å². The molecule has 2 rings (SSSR count). The van der Waals surface area contributed by atoms with Gasteiger partial charge in [0.15, 0.2) is 5.76 Å². The Bertz CT molecular complexity index is 299. The third kappa shape index (κ3) is 3.13. The SMILES string of the molecule is O=C(CSC1CCCCC1)c1ccco1. The van der Waals surface area contributed by atoms with Crippen LogP contribution >= 0.6 is 11.8 Å². The average Bonchev–Trinajstić information content (AvgIpc) is 2.81. The van der Waals surface area contributed by atoms with E-state index in [0.717, 1.165) is 0 Å². The summed E-state index contributed by atoms with van der Waals surface area (Å²) < 4.78 is 5.07. The number of thioether (sulfide) groups is 1. The second-order valence-electron chi connectivity index (χ2n) is 3.97. The topological polar surface area (TPSA) is 30.2 Å². The van der Waals surface area contributed by atoms with Gasteiger partial charge in [-0.15, -0.1) is 0 Å². The first kappa shape index (κ1) is 10.8. The molecule has 1 heterocycles. The highest BCUT2D eigenvalue weighted by molar-refractivity contribution is 8.00. The van der Waals surface area contributed by atoms with Crippen LogP contribution in [0.1, 0.15) is 42.7 Å². The van der Waals surface area contributed by atoms with Gasteiger partial charge in [-0.3, -0.25) is 4.79 Å². The first-order valence-electron chi connectivity index (χ1n) is 5.54. The van der Waals surface area contributed by atoms with Crippen molar-refractivity contribution in [1.29, 1.82) is 0 Å². The van der Waals surface area contributed by atoms with Gasteiger partial charge in [0.2, 0.25) is 5.78 Å². The summed E-state index contributed by atoms with van der Waals surface area (Å²) in [6.45, 7) is 0. The standard InChI is InChI=1S/C12H16O2S/c13-11(12-7-4-8-14-12)9-15-10-5-2-1-3-6-10/h4,7-8,10H,1-3,5-6,9H2. The number of carbonyl (C=O) groups is 1. The Balaban J connectivity index is 1.75. The maximum Gasteiger partial charge on any atom is 0.207 e. The summed E-state index contributed by atoms with van der Waals surface area (Å²) in [7, 11) is 0. The summed E-state index contributed by atoms with van der Waals surface area (Å²) in [6.07, 6.45) is 8.12. The van der Waals surface area contributed by atoms with Crippen molar-refractivity contribution >= 4 is 17.5 Å². The molecular formula is C12H16O2S. The number of Topliss-reactive ketones (excluding diaryl/α,β-unsaturated/α-hetero) is 1. The first-order chi connectivity index (χ1) is 7.36. The molecule has 0 unspecified atom stereocenters. The fourth-order valence-electron chi connectivity index (χ4n) is 1.93. The van der Waals surface area contributed by atoms with E-state index in [2.05, 4.69) is 0 Å². The molecule has 1 fully saturated rings. The van der Waals surface area contributed by atoms with E-state index in [1.807, 2.05) is 0 Å². The zero-order chi connectivity index (χ0) is 10.5. The maximum absolute atomic E-state index is 11.6. The summed E-state index contributed by atoms with van der Waals surface area (Å²) in [4.78, 5) is 11.6. The Morgan fingerprint density at radius 2 is 2.20 bits per heavy atom. The van der Waals surface area contributed by atoms with Crippen molar-refractivity contribution in [2.75, 3.05) is 5.75 Å². The van der Waals surface area contributed by atoms with Crippen LogP contribution in [0.25, 0.3) is 0 Å². The van der Waals surface area contributed by atoms with E-state index < -0.39 is 0 Å². The van der Waals surface area contributed by atoms with Gasteiger partial charge in [-0.1, -0.05) is 19.3 Å². The third-order valence-corrected chi connectivity index (χ3v) is 4.17. The van der Waals surface area contributed by atoms with Crippen molar-refractivity contribution in [1.82, 2.24) is 0 Å². The van der Waals surface area contributed by atoms with Gasteiger partial charge in [-0.2, -0.15) is 11.8 Å². The van der Waals surface area contributed by atoms with Crippen LogP contribution in [-0.4, -0.2) is 16.8 Å². The molecule has 0 saturated heterocycles. The highest BCUT2D eigenvalue weighted by atomic mass is 32.2. The van der Waals surface area contributed by atoms with E-state index in [0.29, 0.717) is 16.8 Å². The normalized spacial score (nSPS) is 17.9. The number of rotatable bonds is 4. The number of ketones is 1. The maximum atomic E-state index is 11.6. The quantitative estimate of drug-likeness (QED) is 0.733. The molecule has 1 saturated carbocycles. The number of hydrogen-bond acceptors (Lipinski definition) is 3. The molecule has 0 radical (unpaired) electrons. The van der Waals surface area contributed by atoms with Crippen molar-refractivity contribution in [3.63, 3.8) is 0 Å². The number of hydrogen-bond donors (Lipinski definition) is 0. The molecule has 0 aromatic carbocycles. The molecule has 0 amide bonds. The van der Waals surface area contributed by atoms with Crippen LogP contribution in [0.2, 0.25) is 0 Å². The lowest BCUT2D eigenvalue weighted by Crippen LogP contribution is -2.11. The Morgan fingerprint density at radius 1 is 1.40 bits per heavy atom. The summed E-state index contributed by atoms with van der Waals surface area (Å²) in [5.41, 5.74) is 0. The summed E-state index contributed by atoms with van der Waals surface area (Å²) in [5.74, 6) is 1.19. The van der Waals surface area contributed by atoms with Gasteiger partial charge in [0, 0.05) is 5.25 Å². The van der Waals surface area contributed by atoms with Gasteiger partial charge in [0.25, 0.3) is 0 Å². The number of furan rings is 1. The number of carbonyl (C=O) groups excluding carboxylic acids is 1. The lowest BCUT2D eigenvalue weighted by molar-refractivity contribution is 0.0992. The van der Waals surface area contributed by atoms with Crippen LogP contribution in [0.4, 0.5) is 0 Å². The monoisotopic (exact) mass is 224 g/mol. The fourth-order valence-corrected chi connectivity index (χ4v) is 3.13. The minimum absolute atomic E-state index is 0.121. The van der Waals surface area contributed by atoms with E-state index in [9.17, 15) is 4.79 Å². The molecule has 15 heavy (non-hydrogen) atoms. The van der Waals surface area contributed by atoms with Gasteiger partial charge in [0.05, 0.1) is 12.0 Å². The zero-order valence-electron chi connectivity index (χ0n) is 8.78. The fraction of sp³-hybridized carbons (Fsp3) is 0.583. The van der Waals surface area contributed by atoms with Crippen LogP contribution in [0.5, 0.6) is 0 Å². The van der Waals surface area contributed by atoms with Crippen LogP contribution in [0.3, 0.4) is 0 Å². The molecule has 0 bridgehead atoms. The highest BCUT2D eigenvalue weighted by Crippen LogP contribution is 2.28. The Labute approximate surface area is 94.4 Å². The molecule has 0 aliphatic heterocycles. The second kappa shape index (κ2) is 5.40. The Hall–Kier alpha value is -0.700.